The fourth-order valence-corrected chi connectivity index (χ4v) is 5.97. The lowest BCUT2D eigenvalue weighted by molar-refractivity contribution is -0.0592. The van der Waals surface area contributed by atoms with Gasteiger partial charge in [0.05, 0.1) is 30.3 Å². The molecule has 2 fully saturated rings. The number of rotatable bonds is 9. The second kappa shape index (κ2) is 12.1. The molecule has 2 aliphatic heterocycles. The monoisotopic (exact) mass is 622 g/mol. The highest BCUT2D eigenvalue weighted by molar-refractivity contribution is 6.30. The standard InChI is InChI=1S/C31H29ClF2N6O4/c32-20-5-4-19(23(33)14-20)17-43-27-3-1-2-24(35-27)18-8-11-39(12-9-18)16-26-36-29-25(40(26)15-21-10-13-42-21)7-6-22(28(29)34)30-37-31(41)44-38-30/h1-7,14,18,21H,8-13,15-17H2,(H,37,38,41)/t21-/m0/s1. The Hall–Kier alpha value is -4.13. The number of nitrogens with one attached hydrogen (secondary N) is 1. The molecule has 0 amide bonds. The van der Waals surface area contributed by atoms with E-state index < -0.39 is 17.4 Å². The first-order valence-corrected chi connectivity index (χ1v) is 14.9. The third-order valence-electron chi connectivity index (χ3n) is 8.32. The van der Waals surface area contributed by atoms with Crippen LogP contribution in [-0.4, -0.2) is 55.4 Å². The number of aromatic amines is 1. The van der Waals surface area contributed by atoms with E-state index in [0.29, 0.717) is 35.1 Å². The molecule has 13 heteroatoms. The highest BCUT2D eigenvalue weighted by Crippen LogP contribution is 2.32. The van der Waals surface area contributed by atoms with Gasteiger partial charge in [-0.1, -0.05) is 28.9 Å². The van der Waals surface area contributed by atoms with Crippen LogP contribution in [0.1, 0.15) is 42.3 Å². The molecule has 2 aliphatic rings. The summed E-state index contributed by atoms with van der Waals surface area (Å²) in [7, 11) is 0. The van der Waals surface area contributed by atoms with E-state index in [0.717, 1.165) is 50.5 Å². The minimum atomic E-state index is -0.751. The maximum absolute atomic E-state index is 15.7. The zero-order chi connectivity index (χ0) is 30.2. The van der Waals surface area contributed by atoms with Gasteiger partial charge in [0.2, 0.25) is 5.88 Å². The van der Waals surface area contributed by atoms with Crippen molar-refractivity contribution in [2.24, 2.45) is 0 Å². The molecule has 5 aromatic rings. The number of pyridine rings is 1. The topological polar surface area (TPSA) is 111 Å². The van der Waals surface area contributed by atoms with Crippen molar-refractivity contribution in [3.63, 3.8) is 0 Å². The second-order valence-electron chi connectivity index (χ2n) is 11.1. The summed E-state index contributed by atoms with van der Waals surface area (Å²) in [5, 5.41) is 3.98. The van der Waals surface area contributed by atoms with Gasteiger partial charge in [0.15, 0.2) is 11.6 Å². The van der Waals surface area contributed by atoms with Crippen molar-refractivity contribution in [2.75, 3.05) is 19.7 Å². The van der Waals surface area contributed by atoms with Crippen molar-refractivity contribution in [1.82, 2.24) is 29.6 Å². The van der Waals surface area contributed by atoms with E-state index in [1.54, 1.807) is 30.3 Å². The van der Waals surface area contributed by atoms with Crippen LogP contribution in [0.4, 0.5) is 8.78 Å². The van der Waals surface area contributed by atoms with Crippen LogP contribution >= 0.6 is 11.6 Å². The number of aromatic nitrogens is 5. The normalized spacial score (nSPS) is 17.7. The second-order valence-corrected chi connectivity index (χ2v) is 11.6. The molecule has 2 aromatic carbocycles. The summed E-state index contributed by atoms with van der Waals surface area (Å²) in [6.45, 7) is 3.53. The van der Waals surface area contributed by atoms with Crippen LogP contribution in [0.2, 0.25) is 5.02 Å². The highest BCUT2D eigenvalue weighted by atomic mass is 35.5. The molecule has 44 heavy (non-hydrogen) atoms. The van der Waals surface area contributed by atoms with Gasteiger partial charge in [-0.15, -0.1) is 0 Å². The number of benzene rings is 2. The molecule has 0 spiro atoms. The molecular formula is C31H29ClF2N6O4. The Morgan fingerprint density at radius 1 is 1.07 bits per heavy atom. The molecule has 0 saturated carbocycles. The van der Waals surface area contributed by atoms with Crippen molar-refractivity contribution in [1.29, 1.82) is 0 Å². The van der Waals surface area contributed by atoms with Crippen molar-refractivity contribution in [3.8, 4) is 17.3 Å². The van der Waals surface area contributed by atoms with Crippen molar-refractivity contribution in [2.45, 2.75) is 51.0 Å². The van der Waals surface area contributed by atoms with Gasteiger partial charge >= 0.3 is 5.76 Å². The molecule has 1 N–H and O–H groups in total. The van der Waals surface area contributed by atoms with Crippen LogP contribution in [0, 0.1) is 11.6 Å². The summed E-state index contributed by atoms with van der Waals surface area (Å²) in [5.41, 5.74) is 2.35. The quantitative estimate of drug-likeness (QED) is 0.231. The molecular weight excluding hydrogens is 594 g/mol. The van der Waals surface area contributed by atoms with E-state index in [1.165, 1.54) is 6.07 Å². The average Bonchev–Trinajstić information content (AvgIpc) is 3.58. The summed E-state index contributed by atoms with van der Waals surface area (Å²) in [6, 6.07) is 13.6. The first-order chi connectivity index (χ1) is 21.4. The lowest BCUT2D eigenvalue weighted by Gasteiger charge is -2.32. The molecule has 1 atom stereocenters. The lowest BCUT2D eigenvalue weighted by atomic mass is 9.93. The van der Waals surface area contributed by atoms with Crippen LogP contribution in [0.15, 0.2) is 57.8 Å². The Labute approximate surface area is 255 Å². The van der Waals surface area contributed by atoms with E-state index in [-0.39, 0.29) is 35.5 Å². The molecule has 0 aliphatic carbocycles. The van der Waals surface area contributed by atoms with Crippen molar-refractivity contribution in [3.05, 3.63) is 92.8 Å². The van der Waals surface area contributed by atoms with Gasteiger partial charge in [-0.25, -0.2) is 23.5 Å². The van der Waals surface area contributed by atoms with Gasteiger partial charge in [-0.2, -0.15) is 0 Å². The van der Waals surface area contributed by atoms with Gasteiger partial charge in [0, 0.05) is 34.9 Å². The maximum Gasteiger partial charge on any atom is 0.439 e. The number of imidazole rings is 1. The van der Waals surface area contributed by atoms with Gasteiger partial charge < -0.3 is 14.0 Å². The number of H-pyrrole nitrogens is 1. The Morgan fingerprint density at radius 2 is 1.91 bits per heavy atom. The van der Waals surface area contributed by atoms with Crippen LogP contribution in [0.25, 0.3) is 22.4 Å². The Balaban J connectivity index is 1.05. The van der Waals surface area contributed by atoms with E-state index >= 15 is 4.39 Å². The summed E-state index contributed by atoms with van der Waals surface area (Å²) in [4.78, 5) is 25.6. The van der Waals surface area contributed by atoms with E-state index in [9.17, 15) is 9.18 Å². The molecule has 2 saturated heterocycles. The molecule has 5 heterocycles. The third kappa shape index (κ3) is 5.84. The Morgan fingerprint density at radius 3 is 2.64 bits per heavy atom. The number of piperidine rings is 1. The number of hydrogen-bond donors (Lipinski definition) is 1. The molecule has 3 aromatic heterocycles. The van der Waals surface area contributed by atoms with Gasteiger partial charge in [0.1, 0.15) is 23.8 Å². The fraction of sp³-hybridized carbons (Fsp3) is 0.355. The first-order valence-electron chi connectivity index (χ1n) is 14.5. The largest absolute Gasteiger partial charge is 0.473 e. The minimum Gasteiger partial charge on any atom is -0.473 e. The van der Waals surface area contributed by atoms with Gasteiger partial charge in [-0.3, -0.25) is 14.4 Å². The van der Waals surface area contributed by atoms with E-state index in [4.69, 9.17) is 31.0 Å². The fourth-order valence-electron chi connectivity index (χ4n) is 5.81. The number of likely N-dealkylation sites (tertiary alicyclic amines) is 1. The Kier molecular flexibility index (Phi) is 7.87. The van der Waals surface area contributed by atoms with Crippen LogP contribution < -0.4 is 10.5 Å². The summed E-state index contributed by atoms with van der Waals surface area (Å²) < 4.78 is 47.9. The zero-order valence-electron chi connectivity index (χ0n) is 23.6. The number of nitrogens with zero attached hydrogens (tertiary/aromatic N) is 5. The molecule has 0 radical (unpaired) electrons. The van der Waals surface area contributed by atoms with E-state index in [2.05, 4.69) is 19.6 Å². The third-order valence-corrected chi connectivity index (χ3v) is 8.55. The number of fused-ring (bicyclic) bond motifs is 1. The van der Waals surface area contributed by atoms with Crippen LogP contribution in [0.5, 0.6) is 5.88 Å². The molecule has 10 nitrogen and oxygen atoms in total. The van der Waals surface area contributed by atoms with Crippen LogP contribution in [-0.2, 0) is 24.4 Å². The molecule has 7 rings (SSSR count). The molecule has 228 valence electrons. The Bertz CT molecular complexity index is 1860. The first kappa shape index (κ1) is 28.6. The molecule has 0 unspecified atom stereocenters. The lowest BCUT2D eigenvalue weighted by Crippen LogP contribution is -2.35. The summed E-state index contributed by atoms with van der Waals surface area (Å²) in [5.74, 6) is -0.261. The average molecular weight is 623 g/mol. The predicted molar refractivity (Wildman–Crippen MR) is 157 cm³/mol. The highest BCUT2D eigenvalue weighted by Gasteiger charge is 2.27. The molecule has 0 bridgehead atoms. The smallest absolute Gasteiger partial charge is 0.439 e. The van der Waals surface area contributed by atoms with Gasteiger partial charge in [0.25, 0.3) is 0 Å². The summed E-state index contributed by atoms with van der Waals surface area (Å²) >= 11 is 5.85. The SMILES string of the molecule is O=c1[nH]c(-c2ccc3c(nc(CN4CCC(c5cccc(OCc6ccc(Cl)cc6F)n5)CC4)n3C[C@@H]3CCO3)c2F)no1. The van der Waals surface area contributed by atoms with Crippen molar-refractivity contribution >= 4 is 22.6 Å². The van der Waals surface area contributed by atoms with Crippen molar-refractivity contribution < 1.29 is 22.8 Å². The number of ether oxygens (including phenoxy) is 2. The van der Waals surface area contributed by atoms with Crippen LogP contribution in [0.3, 0.4) is 0 Å². The zero-order valence-corrected chi connectivity index (χ0v) is 24.4. The predicted octanol–water partition coefficient (Wildman–Crippen LogP) is 5.45. The van der Waals surface area contributed by atoms with Gasteiger partial charge in [-0.05, 0) is 62.7 Å². The van der Waals surface area contributed by atoms with E-state index in [1.807, 2.05) is 16.7 Å². The minimum absolute atomic E-state index is 0.0233. The summed E-state index contributed by atoms with van der Waals surface area (Å²) in [6.07, 6.45) is 2.76. The number of halogens is 3. The number of hydrogen-bond acceptors (Lipinski definition) is 8. The maximum atomic E-state index is 15.7.